The number of carbonyl (C=O) groups excluding carboxylic acids is 1. The van der Waals surface area contributed by atoms with Gasteiger partial charge in [0.25, 0.3) is 0 Å². The van der Waals surface area contributed by atoms with Gasteiger partial charge in [-0.3, -0.25) is 4.79 Å². The van der Waals surface area contributed by atoms with Crippen LogP contribution in [-0.4, -0.2) is 22.9 Å². The van der Waals surface area contributed by atoms with Crippen molar-refractivity contribution in [3.63, 3.8) is 0 Å². The minimum atomic E-state index is 0.359. The van der Waals surface area contributed by atoms with E-state index in [4.69, 9.17) is 0 Å². The van der Waals surface area contributed by atoms with Gasteiger partial charge in [0, 0.05) is 32.0 Å². The Kier molecular flexibility index (Phi) is 2.56. The van der Waals surface area contributed by atoms with E-state index in [9.17, 15) is 4.79 Å². The number of nitrogens with zero attached hydrogens (tertiary/aromatic N) is 2. The summed E-state index contributed by atoms with van der Waals surface area (Å²) in [6.45, 7) is 8.54. The molecule has 3 nitrogen and oxygen atoms in total. The van der Waals surface area contributed by atoms with Gasteiger partial charge in [-0.15, -0.1) is 0 Å². The van der Waals surface area contributed by atoms with Crippen LogP contribution in [0.2, 0.25) is 0 Å². The number of aryl methyl sites for hydroxylation is 1. The molecule has 2 heterocycles. The van der Waals surface area contributed by atoms with Crippen LogP contribution >= 0.6 is 0 Å². The van der Waals surface area contributed by atoms with Crippen molar-refractivity contribution in [1.29, 1.82) is 0 Å². The smallest absolute Gasteiger partial charge is 0.209 e. The molecule has 3 heteroatoms. The fourth-order valence-electron chi connectivity index (χ4n) is 2.61. The lowest BCUT2D eigenvalue weighted by atomic mass is 9.89. The van der Waals surface area contributed by atoms with Crippen LogP contribution in [0.5, 0.6) is 0 Å². The van der Waals surface area contributed by atoms with Crippen LogP contribution in [0.15, 0.2) is 6.20 Å². The highest BCUT2D eigenvalue weighted by Crippen LogP contribution is 2.35. The Morgan fingerprint density at radius 3 is 2.88 bits per heavy atom. The molecule has 0 saturated heterocycles. The highest BCUT2D eigenvalue weighted by molar-refractivity contribution is 5.47. The largest absolute Gasteiger partial charge is 0.350 e. The lowest BCUT2D eigenvalue weighted by molar-refractivity contribution is -0.117. The molecule has 1 aromatic rings. The SMILES string of the molecule is Cc1cn2c(c1CN(C)C=O)CC(C)(C)C2. The summed E-state index contributed by atoms with van der Waals surface area (Å²) in [5.41, 5.74) is 4.41. The van der Waals surface area contributed by atoms with E-state index in [1.54, 1.807) is 4.90 Å². The zero-order chi connectivity index (χ0) is 11.9. The molecular weight excluding hydrogens is 200 g/mol. The first-order chi connectivity index (χ1) is 7.43. The maximum absolute atomic E-state index is 10.7. The topological polar surface area (TPSA) is 25.2 Å². The molecule has 0 saturated carbocycles. The number of hydrogen-bond acceptors (Lipinski definition) is 1. The minimum Gasteiger partial charge on any atom is -0.350 e. The molecule has 0 aromatic carbocycles. The number of hydrogen-bond donors (Lipinski definition) is 0. The summed E-state index contributed by atoms with van der Waals surface area (Å²) < 4.78 is 2.35. The zero-order valence-electron chi connectivity index (χ0n) is 10.6. The molecule has 0 N–H and O–H groups in total. The maximum atomic E-state index is 10.7. The molecule has 0 unspecified atom stereocenters. The number of carbonyl (C=O) groups is 1. The van der Waals surface area contributed by atoms with Crippen molar-refractivity contribution in [3.05, 3.63) is 23.0 Å². The number of rotatable bonds is 3. The van der Waals surface area contributed by atoms with Crippen LogP contribution in [0.1, 0.15) is 30.7 Å². The van der Waals surface area contributed by atoms with E-state index in [1.807, 2.05) is 7.05 Å². The Balaban J connectivity index is 2.30. The van der Waals surface area contributed by atoms with Gasteiger partial charge in [-0.05, 0) is 29.9 Å². The van der Waals surface area contributed by atoms with E-state index in [0.717, 1.165) is 25.9 Å². The van der Waals surface area contributed by atoms with Gasteiger partial charge >= 0.3 is 0 Å². The van der Waals surface area contributed by atoms with Crippen molar-refractivity contribution in [2.24, 2.45) is 5.41 Å². The molecule has 1 aliphatic heterocycles. The van der Waals surface area contributed by atoms with Crippen LogP contribution in [0.4, 0.5) is 0 Å². The van der Waals surface area contributed by atoms with Gasteiger partial charge in [0.05, 0.1) is 0 Å². The van der Waals surface area contributed by atoms with E-state index in [2.05, 4.69) is 31.5 Å². The quantitative estimate of drug-likeness (QED) is 0.715. The molecule has 88 valence electrons. The fraction of sp³-hybridized carbons (Fsp3) is 0.615. The molecule has 0 bridgehead atoms. The Hall–Kier alpha value is -1.25. The lowest BCUT2D eigenvalue weighted by Crippen LogP contribution is -2.17. The maximum Gasteiger partial charge on any atom is 0.209 e. The lowest BCUT2D eigenvalue weighted by Gasteiger charge is -2.16. The third-order valence-corrected chi connectivity index (χ3v) is 3.35. The number of aromatic nitrogens is 1. The first kappa shape index (κ1) is 11.2. The van der Waals surface area contributed by atoms with Gasteiger partial charge in [0.2, 0.25) is 6.41 Å². The van der Waals surface area contributed by atoms with Gasteiger partial charge in [-0.25, -0.2) is 0 Å². The predicted octanol–water partition coefficient (Wildman–Crippen LogP) is 1.97. The second kappa shape index (κ2) is 3.65. The van der Waals surface area contributed by atoms with E-state index in [0.29, 0.717) is 5.41 Å². The molecule has 0 spiro atoms. The molecule has 1 aromatic heterocycles. The van der Waals surface area contributed by atoms with Gasteiger partial charge < -0.3 is 9.47 Å². The van der Waals surface area contributed by atoms with Crippen molar-refractivity contribution in [1.82, 2.24) is 9.47 Å². The molecule has 0 aliphatic carbocycles. The van der Waals surface area contributed by atoms with Gasteiger partial charge in [-0.2, -0.15) is 0 Å². The van der Waals surface area contributed by atoms with E-state index in [-0.39, 0.29) is 0 Å². The average molecular weight is 220 g/mol. The zero-order valence-corrected chi connectivity index (χ0v) is 10.6. The Morgan fingerprint density at radius 2 is 2.25 bits per heavy atom. The molecule has 0 radical (unpaired) electrons. The van der Waals surface area contributed by atoms with E-state index in [1.165, 1.54) is 16.8 Å². The van der Waals surface area contributed by atoms with Crippen LogP contribution in [-0.2, 0) is 24.3 Å². The minimum absolute atomic E-state index is 0.359. The highest BCUT2D eigenvalue weighted by Gasteiger charge is 2.31. The van der Waals surface area contributed by atoms with Gasteiger partial charge in [-0.1, -0.05) is 13.8 Å². The Labute approximate surface area is 97.1 Å². The van der Waals surface area contributed by atoms with Crippen molar-refractivity contribution >= 4 is 6.41 Å². The highest BCUT2D eigenvalue weighted by atomic mass is 16.1. The monoisotopic (exact) mass is 220 g/mol. The summed E-state index contributed by atoms with van der Waals surface area (Å²) >= 11 is 0. The summed E-state index contributed by atoms with van der Waals surface area (Å²) in [6, 6.07) is 0. The predicted molar refractivity (Wildman–Crippen MR) is 64.2 cm³/mol. The average Bonchev–Trinajstić information content (AvgIpc) is 2.60. The van der Waals surface area contributed by atoms with Crippen molar-refractivity contribution in [2.75, 3.05) is 7.05 Å². The van der Waals surface area contributed by atoms with Crippen LogP contribution < -0.4 is 0 Å². The normalized spacial score (nSPS) is 17.2. The third kappa shape index (κ3) is 1.86. The summed E-state index contributed by atoms with van der Waals surface area (Å²) in [7, 11) is 1.83. The first-order valence-electron chi connectivity index (χ1n) is 5.76. The molecule has 2 rings (SSSR count). The molecule has 16 heavy (non-hydrogen) atoms. The van der Waals surface area contributed by atoms with E-state index < -0.39 is 0 Å². The Morgan fingerprint density at radius 1 is 1.56 bits per heavy atom. The summed E-state index contributed by atoms with van der Waals surface area (Å²) in [5, 5.41) is 0. The van der Waals surface area contributed by atoms with Crippen LogP contribution in [0.25, 0.3) is 0 Å². The summed E-state index contributed by atoms with van der Waals surface area (Å²) in [4.78, 5) is 12.4. The second-order valence-corrected chi connectivity index (χ2v) is 5.73. The molecule has 0 atom stereocenters. The van der Waals surface area contributed by atoms with E-state index >= 15 is 0 Å². The Bertz CT molecular complexity index is 418. The number of fused-ring (bicyclic) bond motifs is 1. The van der Waals surface area contributed by atoms with Gasteiger partial charge in [0.1, 0.15) is 0 Å². The first-order valence-corrected chi connectivity index (χ1v) is 5.76. The molecule has 1 aliphatic rings. The van der Waals surface area contributed by atoms with Crippen molar-refractivity contribution in [3.8, 4) is 0 Å². The molecular formula is C13H20N2O. The summed E-state index contributed by atoms with van der Waals surface area (Å²) in [6.07, 6.45) is 4.23. The second-order valence-electron chi connectivity index (χ2n) is 5.73. The summed E-state index contributed by atoms with van der Waals surface area (Å²) in [5.74, 6) is 0. The van der Waals surface area contributed by atoms with Crippen LogP contribution in [0.3, 0.4) is 0 Å². The number of amides is 1. The molecule has 1 amide bonds. The van der Waals surface area contributed by atoms with Crippen LogP contribution in [0, 0.1) is 12.3 Å². The third-order valence-electron chi connectivity index (χ3n) is 3.35. The fourth-order valence-corrected chi connectivity index (χ4v) is 2.61. The van der Waals surface area contributed by atoms with Gasteiger partial charge in [0.15, 0.2) is 0 Å². The van der Waals surface area contributed by atoms with Crippen molar-refractivity contribution in [2.45, 2.75) is 40.3 Å². The standard InChI is InChI=1S/C13H20N2O/c1-10-6-15-8-13(2,3)5-12(15)11(10)7-14(4)9-16/h6,9H,5,7-8H2,1-4H3. The molecule has 0 fully saturated rings. The van der Waals surface area contributed by atoms with Crippen molar-refractivity contribution < 1.29 is 4.79 Å².